The van der Waals surface area contributed by atoms with Gasteiger partial charge >= 0.3 is 0 Å². The predicted octanol–water partition coefficient (Wildman–Crippen LogP) is 4.04. The number of pyridine rings is 1. The molecular formula is C23H20F2N6. The van der Waals surface area contributed by atoms with Gasteiger partial charge in [0.1, 0.15) is 11.3 Å². The van der Waals surface area contributed by atoms with Gasteiger partial charge < -0.3 is 5.73 Å². The van der Waals surface area contributed by atoms with E-state index < -0.39 is 18.2 Å². The van der Waals surface area contributed by atoms with Crippen LogP contribution >= 0.6 is 0 Å². The summed E-state index contributed by atoms with van der Waals surface area (Å²) in [5, 5.41) is 21.1. The fraction of sp³-hybridized carbons (Fsp3) is 0.130. The Bertz CT molecular complexity index is 1310. The molecule has 0 unspecified atom stereocenters. The summed E-state index contributed by atoms with van der Waals surface area (Å²) >= 11 is 0. The number of hydrogen-bond donors (Lipinski definition) is 3. The van der Waals surface area contributed by atoms with Crippen molar-refractivity contribution in [2.45, 2.75) is 18.9 Å². The number of hydrogen-bond acceptors (Lipinski definition) is 5. The number of aromatic nitrogens is 3. The molecule has 0 aliphatic carbocycles. The molecule has 0 fully saturated rings. The van der Waals surface area contributed by atoms with Crippen molar-refractivity contribution in [3.05, 3.63) is 89.5 Å². The van der Waals surface area contributed by atoms with Crippen LogP contribution in [0.4, 0.5) is 8.78 Å². The Kier molecular flexibility index (Phi) is 5.39. The molecule has 0 aliphatic rings. The minimum atomic E-state index is -3.30. The van der Waals surface area contributed by atoms with Gasteiger partial charge in [-0.3, -0.25) is 15.8 Å². The number of nitrogens with one attached hydrogen (secondary N) is 2. The molecule has 0 atom stereocenters. The third-order valence-corrected chi connectivity index (χ3v) is 4.99. The average molecular weight is 418 g/mol. The maximum absolute atomic E-state index is 15.0. The molecule has 0 amide bonds. The Morgan fingerprint density at radius 2 is 1.81 bits per heavy atom. The number of halogens is 2. The zero-order valence-corrected chi connectivity index (χ0v) is 16.5. The summed E-state index contributed by atoms with van der Waals surface area (Å²) in [7, 11) is 0. The highest BCUT2D eigenvalue weighted by atomic mass is 19.3. The molecule has 0 saturated carbocycles. The van der Waals surface area contributed by atoms with Gasteiger partial charge in [-0.15, -0.1) is 0 Å². The van der Waals surface area contributed by atoms with E-state index in [2.05, 4.69) is 10.1 Å². The van der Waals surface area contributed by atoms with Gasteiger partial charge in [0, 0.05) is 29.3 Å². The molecular weight excluding hydrogens is 398 g/mol. The van der Waals surface area contributed by atoms with E-state index in [-0.39, 0.29) is 11.1 Å². The van der Waals surface area contributed by atoms with E-state index in [4.69, 9.17) is 16.6 Å². The van der Waals surface area contributed by atoms with Gasteiger partial charge in [0.15, 0.2) is 0 Å². The molecule has 0 aliphatic heterocycles. The van der Waals surface area contributed by atoms with Gasteiger partial charge in [0.2, 0.25) is 0 Å². The Balaban J connectivity index is 1.62. The molecule has 2 aromatic heterocycles. The average Bonchev–Trinajstić information content (AvgIpc) is 2.79. The first-order valence-electron chi connectivity index (χ1n) is 9.62. The highest BCUT2D eigenvalue weighted by Gasteiger charge is 2.34. The quantitative estimate of drug-likeness (QED) is 0.336. The van der Waals surface area contributed by atoms with Crippen molar-refractivity contribution < 1.29 is 8.78 Å². The molecule has 0 radical (unpaired) electrons. The second-order valence-corrected chi connectivity index (χ2v) is 7.16. The lowest BCUT2D eigenvalue weighted by atomic mass is 10.0. The van der Waals surface area contributed by atoms with Crippen LogP contribution in [0.3, 0.4) is 0 Å². The van der Waals surface area contributed by atoms with Gasteiger partial charge in [-0.05, 0) is 35.9 Å². The van der Waals surface area contributed by atoms with E-state index in [9.17, 15) is 8.78 Å². The Morgan fingerprint density at radius 3 is 2.55 bits per heavy atom. The van der Waals surface area contributed by atoms with Gasteiger partial charge in [-0.25, -0.2) is 13.5 Å². The molecule has 2 heterocycles. The van der Waals surface area contributed by atoms with Crippen LogP contribution in [0.25, 0.3) is 22.2 Å². The van der Waals surface area contributed by atoms with Crippen molar-refractivity contribution >= 4 is 16.7 Å². The summed E-state index contributed by atoms with van der Waals surface area (Å²) in [5.41, 5.74) is 8.05. The van der Waals surface area contributed by atoms with E-state index >= 15 is 0 Å². The minimum absolute atomic E-state index is 0.147. The molecule has 4 N–H and O–H groups in total. The van der Waals surface area contributed by atoms with Crippen molar-refractivity contribution in [1.29, 1.82) is 10.8 Å². The lowest BCUT2D eigenvalue weighted by Crippen LogP contribution is -2.32. The minimum Gasteiger partial charge on any atom is -0.326 e. The van der Waals surface area contributed by atoms with Crippen LogP contribution in [0, 0.1) is 10.8 Å². The summed E-state index contributed by atoms with van der Waals surface area (Å²) < 4.78 is 30.9. The van der Waals surface area contributed by atoms with E-state index in [0.29, 0.717) is 23.1 Å². The molecule has 0 bridgehead atoms. The maximum atomic E-state index is 15.0. The standard InChI is InChI=1S/C23H20F2N6/c24-23(25,18-7-8-19-17(12-18)2-1-11-29-19)13-22(28)31-21(27)10-9-20(30-31)16-5-3-15(14-26)4-6-16/h1-12,27-28H,13-14,26H2. The van der Waals surface area contributed by atoms with Crippen LogP contribution in [-0.4, -0.2) is 20.6 Å². The van der Waals surface area contributed by atoms with Crippen molar-refractivity contribution in [3.63, 3.8) is 0 Å². The van der Waals surface area contributed by atoms with Crippen LogP contribution in [0.2, 0.25) is 0 Å². The molecule has 156 valence electrons. The monoisotopic (exact) mass is 418 g/mol. The maximum Gasteiger partial charge on any atom is 0.280 e. The summed E-state index contributed by atoms with van der Waals surface area (Å²) in [6.07, 6.45) is 0.711. The van der Waals surface area contributed by atoms with E-state index in [1.165, 1.54) is 24.3 Å². The molecule has 4 aromatic rings. The van der Waals surface area contributed by atoms with E-state index in [1.54, 1.807) is 24.4 Å². The van der Waals surface area contributed by atoms with Crippen LogP contribution in [0.5, 0.6) is 0 Å². The molecule has 31 heavy (non-hydrogen) atoms. The van der Waals surface area contributed by atoms with Crippen molar-refractivity contribution in [1.82, 2.24) is 14.8 Å². The summed E-state index contributed by atoms with van der Waals surface area (Å²) in [4.78, 5) is 4.14. The lowest BCUT2D eigenvalue weighted by Gasteiger charge is -2.18. The van der Waals surface area contributed by atoms with Gasteiger partial charge in [-0.2, -0.15) is 5.10 Å². The smallest absolute Gasteiger partial charge is 0.280 e. The van der Waals surface area contributed by atoms with Gasteiger partial charge in [0.05, 0.1) is 17.6 Å². The normalized spacial score (nSPS) is 11.6. The number of alkyl halides is 2. The first-order valence-corrected chi connectivity index (χ1v) is 9.62. The Hall–Kier alpha value is -3.78. The van der Waals surface area contributed by atoms with Crippen LogP contribution in [0.15, 0.2) is 72.9 Å². The van der Waals surface area contributed by atoms with Crippen molar-refractivity contribution in [3.8, 4) is 11.3 Å². The zero-order chi connectivity index (χ0) is 22.0. The van der Waals surface area contributed by atoms with Gasteiger partial charge in [0.25, 0.3) is 5.92 Å². The zero-order valence-electron chi connectivity index (χ0n) is 16.5. The first kappa shape index (κ1) is 20.5. The molecule has 8 heteroatoms. The summed E-state index contributed by atoms with van der Waals surface area (Å²) in [6.45, 7) is 0.407. The Labute approximate surface area is 177 Å². The largest absolute Gasteiger partial charge is 0.326 e. The molecule has 0 spiro atoms. The number of rotatable bonds is 5. The number of nitrogens with zero attached hydrogens (tertiary/aromatic N) is 3. The third-order valence-electron chi connectivity index (χ3n) is 4.99. The topological polar surface area (TPSA) is 104 Å². The fourth-order valence-corrected chi connectivity index (χ4v) is 3.29. The van der Waals surface area contributed by atoms with Gasteiger partial charge in [-0.1, -0.05) is 36.4 Å². The van der Waals surface area contributed by atoms with E-state index in [1.807, 2.05) is 24.3 Å². The molecule has 0 saturated heterocycles. The second-order valence-electron chi connectivity index (χ2n) is 7.16. The second kappa shape index (κ2) is 8.16. The highest BCUT2D eigenvalue weighted by Crippen LogP contribution is 2.33. The highest BCUT2D eigenvalue weighted by molar-refractivity contribution is 5.83. The van der Waals surface area contributed by atoms with Crippen LogP contribution in [-0.2, 0) is 12.5 Å². The van der Waals surface area contributed by atoms with E-state index in [0.717, 1.165) is 15.8 Å². The summed E-state index contributed by atoms with van der Waals surface area (Å²) in [5.74, 6) is -3.78. The van der Waals surface area contributed by atoms with Crippen molar-refractivity contribution in [2.75, 3.05) is 0 Å². The summed E-state index contributed by atoms with van der Waals surface area (Å²) in [6, 6.07) is 18.0. The van der Waals surface area contributed by atoms with Crippen LogP contribution < -0.4 is 11.2 Å². The van der Waals surface area contributed by atoms with Crippen LogP contribution in [0.1, 0.15) is 17.5 Å². The SMILES string of the molecule is N=C(CC(F)(F)c1ccc2ncccc2c1)n1nc(-c2ccc(CN)cc2)ccc1=N. The fourth-order valence-electron chi connectivity index (χ4n) is 3.29. The molecule has 4 rings (SSSR count). The third kappa shape index (κ3) is 4.24. The number of benzene rings is 2. The van der Waals surface area contributed by atoms with Crippen molar-refractivity contribution in [2.24, 2.45) is 5.73 Å². The molecule has 6 nitrogen and oxygen atoms in total. The Morgan fingerprint density at radius 1 is 1.03 bits per heavy atom. The number of nitrogens with two attached hydrogens (primary N) is 1. The molecule has 2 aromatic carbocycles. The predicted molar refractivity (Wildman–Crippen MR) is 115 cm³/mol. The first-order chi connectivity index (χ1) is 14.9. The lowest BCUT2D eigenvalue weighted by molar-refractivity contribution is 0.00292. The number of fused-ring (bicyclic) bond motifs is 1.